The van der Waals surface area contributed by atoms with Gasteiger partial charge in [0, 0.05) is 30.8 Å². The van der Waals surface area contributed by atoms with Gasteiger partial charge in [0.05, 0.1) is 31.5 Å². The molecule has 2 aromatic rings. The molecule has 0 saturated carbocycles. The maximum atomic E-state index is 5.38. The van der Waals surface area contributed by atoms with Gasteiger partial charge in [0.1, 0.15) is 0 Å². The van der Waals surface area contributed by atoms with Crippen LogP contribution in [0.2, 0.25) is 0 Å². The van der Waals surface area contributed by atoms with Gasteiger partial charge in [-0.2, -0.15) is 16.9 Å². The van der Waals surface area contributed by atoms with Crippen molar-refractivity contribution < 1.29 is 4.74 Å². The highest BCUT2D eigenvalue weighted by Crippen LogP contribution is 2.18. The molecule has 108 valence electrons. The Morgan fingerprint density at radius 1 is 1.25 bits per heavy atom. The molecule has 0 unspecified atom stereocenters. The SMILES string of the molecule is CSCc1ccc2c(cnn2CCN2CCOCC2)c1. The van der Waals surface area contributed by atoms with Crippen molar-refractivity contribution in [1.29, 1.82) is 0 Å². The van der Waals surface area contributed by atoms with Gasteiger partial charge in [0.2, 0.25) is 0 Å². The molecule has 1 fully saturated rings. The van der Waals surface area contributed by atoms with Crippen LogP contribution in [0.5, 0.6) is 0 Å². The second kappa shape index (κ2) is 6.61. The minimum absolute atomic E-state index is 0.859. The topological polar surface area (TPSA) is 30.3 Å². The van der Waals surface area contributed by atoms with E-state index >= 15 is 0 Å². The van der Waals surface area contributed by atoms with Gasteiger partial charge in [-0.1, -0.05) is 6.07 Å². The number of hydrogen-bond donors (Lipinski definition) is 0. The van der Waals surface area contributed by atoms with Crippen LogP contribution < -0.4 is 0 Å². The zero-order valence-electron chi connectivity index (χ0n) is 11.9. The highest BCUT2D eigenvalue weighted by atomic mass is 32.2. The molecule has 0 N–H and O–H groups in total. The van der Waals surface area contributed by atoms with Crippen molar-refractivity contribution in [2.45, 2.75) is 12.3 Å². The first-order chi connectivity index (χ1) is 9.86. The molecular formula is C15H21N3OS. The third kappa shape index (κ3) is 3.16. The van der Waals surface area contributed by atoms with E-state index in [-0.39, 0.29) is 0 Å². The molecule has 0 amide bonds. The molecule has 20 heavy (non-hydrogen) atoms. The van der Waals surface area contributed by atoms with E-state index in [1.54, 1.807) is 0 Å². The van der Waals surface area contributed by atoms with Crippen LogP contribution in [-0.4, -0.2) is 53.8 Å². The van der Waals surface area contributed by atoms with Crippen LogP contribution in [0.25, 0.3) is 10.9 Å². The minimum Gasteiger partial charge on any atom is -0.379 e. The highest BCUT2D eigenvalue weighted by molar-refractivity contribution is 7.97. The number of hydrogen-bond acceptors (Lipinski definition) is 4. The Labute approximate surface area is 124 Å². The van der Waals surface area contributed by atoms with Crippen LogP contribution in [-0.2, 0) is 17.0 Å². The summed E-state index contributed by atoms with van der Waals surface area (Å²) in [5.74, 6) is 1.06. The van der Waals surface area contributed by atoms with E-state index in [2.05, 4.69) is 39.1 Å². The lowest BCUT2D eigenvalue weighted by Gasteiger charge is -2.26. The van der Waals surface area contributed by atoms with Gasteiger partial charge < -0.3 is 4.74 Å². The number of thioether (sulfide) groups is 1. The van der Waals surface area contributed by atoms with E-state index in [1.165, 1.54) is 16.5 Å². The van der Waals surface area contributed by atoms with Gasteiger partial charge in [-0.25, -0.2) is 0 Å². The molecule has 4 nitrogen and oxygen atoms in total. The number of aromatic nitrogens is 2. The maximum Gasteiger partial charge on any atom is 0.0683 e. The molecule has 0 atom stereocenters. The Morgan fingerprint density at radius 3 is 2.90 bits per heavy atom. The van der Waals surface area contributed by atoms with Crippen molar-refractivity contribution in [3.8, 4) is 0 Å². The third-order valence-electron chi connectivity index (χ3n) is 3.75. The van der Waals surface area contributed by atoms with Crippen LogP contribution in [0.4, 0.5) is 0 Å². The summed E-state index contributed by atoms with van der Waals surface area (Å²) in [7, 11) is 0. The Balaban J connectivity index is 1.68. The van der Waals surface area contributed by atoms with Crippen molar-refractivity contribution in [3.63, 3.8) is 0 Å². The number of ether oxygens (including phenoxy) is 1. The molecule has 0 spiro atoms. The van der Waals surface area contributed by atoms with E-state index in [1.807, 2.05) is 18.0 Å². The minimum atomic E-state index is 0.859. The first-order valence-electron chi connectivity index (χ1n) is 7.10. The predicted molar refractivity (Wildman–Crippen MR) is 84.2 cm³/mol. The van der Waals surface area contributed by atoms with E-state index in [4.69, 9.17) is 4.74 Å². The zero-order valence-corrected chi connectivity index (χ0v) is 12.7. The summed E-state index contributed by atoms with van der Waals surface area (Å²) < 4.78 is 7.50. The average Bonchev–Trinajstić information content (AvgIpc) is 2.89. The summed E-state index contributed by atoms with van der Waals surface area (Å²) in [6.45, 7) is 5.79. The van der Waals surface area contributed by atoms with Crippen LogP contribution in [0.15, 0.2) is 24.4 Å². The molecular weight excluding hydrogens is 270 g/mol. The van der Waals surface area contributed by atoms with Crippen molar-refractivity contribution in [2.24, 2.45) is 0 Å². The van der Waals surface area contributed by atoms with Crippen LogP contribution >= 0.6 is 11.8 Å². The fourth-order valence-electron chi connectivity index (χ4n) is 2.63. The van der Waals surface area contributed by atoms with E-state index in [9.17, 15) is 0 Å². The normalized spacial score (nSPS) is 16.9. The van der Waals surface area contributed by atoms with E-state index in [0.717, 1.165) is 45.1 Å². The Bertz CT molecular complexity index is 563. The third-order valence-corrected chi connectivity index (χ3v) is 4.37. The van der Waals surface area contributed by atoms with Crippen LogP contribution in [0.3, 0.4) is 0 Å². The number of nitrogens with zero attached hydrogens (tertiary/aromatic N) is 3. The zero-order chi connectivity index (χ0) is 13.8. The molecule has 3 rings (SSSR count). The van der Waals surface area contributed by atoms with Gasteiger partial charge in [-0.15, -0.1) is 0 Å². The number of morpholine rings is 1. The molecule has 2 heterocycles. The first kappa shape index (κ1) is 13.9. The maximum absolute atomic E-state index is 5.38. The highest BCUT2D eigenvalue weighted by Gasteiger charge is 2.11. The fraction of sp³-hybridized carbons (Fsp3) is 0.533. The number of rotatable bonds is 5. The smallest absolute Gasteiger partial charge is 0.0683 e. The summed E-state index contributed by atoms with van der Waals surface area (Å²) >= 11 is 1.85. The fourth-order valence-corrected chi connectivity index (χ4v) is 3.14. The summed E-state index contributed by atoms with van der Waals surface area (Å²) in [5.41, 5.74) is 2.61. The average molecular weight is 291 g/mol. The van der Waals surface area contributed by atoms with Gasteiger partial charge >= 0.3 is 0 Å². The lowest BCUT2D eigenvalue weighted by molar-refractivity contribution is 0.0361. The second-order valence-corrected chi connectivity index (χ2v) is 6.01. The Kier molecular flexibility index (Phi) is 4.60. The molecule has 0 aliphatic carbocycles. The Hall–Kier alpha value is -1.04. The second-order valence-electron chi connectivity index (χ2n) is 5.15. The molecule has 1 aliphatic rings. The molecule has 5 heteroatoms. The first-order valence-corrected chi connectivity index (χ1v) is 8.50. The molecule has 0 bridgehead atoms. The summed E-state index contributed by atoms with van der Waals surface area (Å²) in [5, 5.41) is 5.78. The largest absolute Gasteiger partial charge is 0.379 e. The van der Waals surface area contributed by atoms with Crippen molar-refractivity contribution in [1.82, 2.24) is 14.7 Å². The lowest BCUT2D eigenvalue weighted by atomic mass is 10.2. The van der Waals surface area contributed by atoms with Crippen molar-refractivity contribution >= 4 is 22.7 Å². The van der Waals surface area contributed by atoms with Gasteiger partial charge in [-0.3, -0.25) is 9.58 Å². The summed E-state index contributed by atoms with van der Waals surface area (Å²) in [6.07, 6.45) is 4.12. The van der Waals surface area contributed by atoms with Crippen LogP contribution in [0, 0.1) is 0 Å². The predicted octanol–water partition coefficient (Wildman–Crippen LogP) is 2.23. The van der Waals surface area contributed by atoms with Crippen molar-refractivity contribution in [2.75, 3.05) is 39.1 Å². The Morgan fingerprint density at radius 2 is 2.10 bits per heavy atom. The quantitative estimate of drug-likeness (QED) is 0.845. The molecule has 1 saturated heterocycles. The van der Waals surface area contributed by atoms with Gasteiger partial charge in [-0.05, 0) is 24.0 Å². The monoisotopic (exact) mass is 291 g/mol. The lowest BCUT2D eigenvalue weighted by Crippen LogP contribution is -2.38. The van der Waals surface area contributed by atoms with Crippen molar-refractivity contribution in [3.05, 3.63) is 30.0 Å². The van der Waals surface area contributed by atoms with E-state index < -0.39 is 0 Å². The van der Waals surface area contributed by atoms with E-state index in [0.29, 0.717) is 0 Å². The van der Waals surface area contributed by atoms with Gasteiger partial charge in [0.15, 0.2) is 0 Å². The van der Waals surface area contributed by atoms with Crippen LogP contribution in [0.1, 0.15) is 5.56 Å². The number of benzene rings is 1. The molecule has 1 aromatic heterocycles. The molecule has 0 radical (unpaired) electrons. The molecule has 1 aliphatic heterocycles. The standard InChI is InChI=1S/C15H21N3OS/c1-20-12-13-2-3-15-14(10-13)11-16-18(15)5-4-17-6-8-19-9-7-17/h2-3,10-11H,4-9,12H2,1H3. The molecule has 1 aromatic carbocycles. The summed E-state index contributed by atoms with van der Waals surface area (Å²) in [4.78, 5) is 2.44. The summed E-state index contributed by atoms with van der Waals surface area (Å²) in [6, 6.07) is 6.67. The van der Waals surface area contributed by atoms with Gasteiger partial charge in [0.25, 0.3) is 0 Å². The number of fused-ring (bicyclic) bond motifs is 1.